The highest BCUT2D eigenvalue weighted by Crippen LogP contribution is 2.64. The number of nitrogens with one attached hydrogen (secondary N) is 2. The maximum atomic E-state index is 12.3. The van der Waals surface area contributed by atoms with Crippen molar-refractivity contribution in [1.82, 2.24) is 10.6 Å². The summed E-state index contributed by atoms with van der Waals surface area (Å²) in [6, 6.07) is 0. The molecule has 6 heteroatoms. The summed E-state index contributed by atoms with van der Waals surface area (Å²) in [5, 5.41) is 15.3. The maximum Gasteiger partial charge on any atom is 0.246 e. The quantitative estimate of drug-likeness (QED) is 0.184. The second-order valence-corrected chi connectivity index (χ2v) is 14.9. The van der Waals surface area contributed by atoms with Gasteiger partial charge in [0.25, 0.3) is 0 Å². The zero-order chi connectivity index (χ0) is 30.3. The molecule has 0 aromatic rings. The molecule has 7 atom stereocenters. The van der Waals surface area contributed by atoms with E-state index in [9.17, 15) is 14.7 Å². The molecule has 0 aromatic carbocycles. The molecule has 2 amide bonds. The van der Waals surface area contributed by atoms with Crippen molar-refractivity contribution in [3.05, 3.63) is 11.6 Å². The van der Waals surface area contributed by atoms with Gasteiger partial charge in [0.05, 0.1) is 18.2 Å². The molecular formula is C35H62N2O4. The fourth-order valence-corrected chi connectivity index (χ4v) is 8.42. The van der Waals surface area contributed by atoms with E-state index in [1.807, 2.05) is 13.8 Å². The van der Waals surface area contributed by atoms with Crippen LogP contribution in [0.4, 0.5) is 0 Å². The molecule has 6 nitrogen and oxygen atoms in total. The van der Waals surface area contributed by atoms with E-state index in [2.05, 4.69) is 51.3 Å². The molecule has 3 saturated carbocycles. The van der Waals surface area contributed by atoms with Crippen LogP contribution in [-0.4, -0.2) is 48.3 Å². The van der Waals surface area contributed by atoms with Gasteiger partial charge in [-0.1, -0.05) is 66.0 Å². The lowest BCUT2D eigenvalue weighted by molar-refractivity contribution is -0.131. The zero-order valence-electron chi connectivity index (χ0n) is 27.4. The van der Waals surface area contributed by atoms with Gasteiger partial charge in [-0.2, -0.15) is 0 Å². The minimum absolute atomic E-state index is 0.0491. The summed E-state index contributed by atoms with van der Waals surface area (Å²) < 4.78 is 6.06. The number of ether oxygens (including phenoxy) is 1. The van der Waals surface area contributed by atoms with Gasteiger partial charge < -0.3 is 20.5 Å². The molecule has 3 N–H and O–H groups in total. The number of allylic oxidation sites excluding steroid dienone is 1. The van der Waals surface area contributed by atoms with Crippen LogP contribution < -0.4 is 10.6 Å². The molecule has 4 aliphatic rings. The average molecular weight is 575 g/mol. The number of hydrogen-bond acceptors (Lipinski definition) is 4. The SMILES string of the molecule is CCC(C)(CO)NC(=O)COC1CC[C@@]2(C)C(=CC[C@H]3C4CCCC4(C)CCC32)C1.CCCCNC(=O)CC(C)C. The lowest BCUT2D eigenvalue weighted by Gasteiger charge is -2.57. The van der Waals surface area contributed by atoms with Crippen LogP contribution in [0.3, 0.4) is 0 Å². The van der Waals surface area contributed by atoms with E-state index in [1.54, 1.807) is 5.57 Å². The summed E-state index contributed by atoms with van der Waals surface area (Å²) in [6.45, 7) is 16.1. The Balaban J connectivity index is 0.000000358. The summed E-state index contributed by atoms with van der Waals surface area (Å²) in [4.78, 5) is 23.3. The first-order valence-corrected chi connectivity index (χ1v) is 16.9. The summed E-state index contributed by atoms with van der Waals surface area (Å²) in [6.07, 6.45) is 17.9. The third-order valence-corrected chi connectivity index (χ3v) is 11.3. The molecular weight excluding hydrogens is 512 g/mol. The van der Waals surface area contributed by atoms with Crippen molar-refractivity contribution < 1.29 is 19.4 Å². The molecule has 5 unspecified atom stereocenters. The van der Waals surface area contributed by atoms with E-state index in [-0.39, 0.29) is 31.1 Å². The van der Waals surface area contributed by atoms with Crippen LogP contribution in [0.15, 0.2) is 11.6 Å². The van der Waals surface area contributed by atoms with Gasteiger partial charge in [0, 0.05) is 13.0 Å². The second kappa shape index (κ2) is 14.9. The van der Waals surface area contributed by atoms with Gasteiger partial charge in [-0.3, -0.25) is 9.59 Å². The lowest BCUT2D eigenvalue weighted by atomic mass is 9.48. The molecule has 41 heavy (non-hydrogen) atoms. The van der Waals surface area contributed by atoms with E-state index < -0.39 is 5.54 Å². The normalized spacial score (nSPS) is 33.7. The van der Waals surface area contributed by atoms with Gasteiger partial charge in [-0.05, 0) is 106 Å². The Bertz CT molecular complexity index is 897. The van der Waals surface area contributed by atoms with E-state index in [1.165, 1.54) is 44.9 Å². The van der Waals surface area contributed by atoms with Crippen LogP contribution in [-0.2, 0) is 14.3 Å². The third kappa shape index (κ3) is 8.59. The summed E-state index contributed by atoms with van der Waals surface area (Å²) >= 11 is 0. The average Bonchev–Trinajstić information content (AvgIpc) is 3.33. The summed E-state index contributed by atoms with van der Waals surface area (Å²) in [5.41, 5.74) is 2.00. The van der Waals surface area contributed by atoms with Gasteiger partial charge >= 0.3 is 0 Å². The number of aliphatic hydroxyl groups is 1. The molecule has 0 heterocycles. The first-order chi connectivity index (χ1) is 19.4. The van der Waals surface area contributed by atoms with Crippen molar-refractivity contribution in [2.45, 2.75) is 144 Å². The standard InChI is InChI=1S/C26H43NO3.C9H19NO/c1-5-25(3,17-28)27-23(29)16-30-19-10-14-26(4)18(15-19)8-9-20-21-7-6-12-24(21,2)13-11-22(20)26;1-4-5-6-10-9(11)7-8(2)3/h8,19-22,28H,5-7,9-17H2,1-4H3,(H,27,29);8H,4-7H2,1-3H3,(H,10,11)/t19?,20-,21?,22?,24?,25?,26-;/m0./s1. The first kappa shape index (κ1) is 34.1. The number of rotatable bonds is 11. The van der Waals surface area contributed by atoms with Crippen molar-refractivity contribution >= 4 is 11.8 Å². The fourth-order valence-electron chi connectivity index (χ4n) is 8.42. The van der Waals surface area contributed by atoms with Gasteiger partial charge in [-0.15, -0.1) is 0 Å². The highest BCUT2D eigenvalue weighted by molar-refractivity contribution is 5.78. The monoisotopic (exact) mass is 574 g/mol. The van der Waals surface area contributed by atoms with E-state index in [0.29, 0.717) is 29.6 Å². The minimum atomic E-state index is -0.553. The van der Waals surface area contributed by atoms with Crippen LogP contribution in [0, 0.1) is 34.5 Å². The van der Waals surface area contributed by atoms with Crippen molar-refractivity contribution in [3.8, 4) is 0 Å². The largest absolute Gasteiger partial charge is 0.394 e. The molecule has 4 aliphatic carbocycles. The van der Waals surface area contributed by atoms with E-state index >= 15 is 0 Å². The summed E-state index contributed by atoms with van der Waals surface area (Å²) in [5.74, 6) is 3.20. The molecule has 0 spiro atoms. The molecule has 4 rings (SSSR count). The minimum Gasteiger partial charge on any atom is -0.394 e. The fraction of sp³-hybridized carbons (Fsp3) is 0.886. The smallest absolute Gasteiger partial charge is 0.246 e. The van der Waals surface area contributed by atoms with Gasteiger partial charge in [0.2, 0.25) is 11.8 Å². The molecule has 3 fully saturated rings. The number of amides is 2. The molecule has 0 aliphatic heterocycles. The van der Waals surface area contributed by atoms with Crippen molar-refractivity contribution in [1.29, 1.82) is 0 Å². The number of carbonyl (C=O) groups excluding carboxylic acids is 2. The Kier molecular flexibility index (Phi) is 12.4. The molecule has 0 bridgehead atoms. The van der Waals surface area contributed by atoms with E-state index in [4.69, 9.17) is 4.74 Å². The Morgan fingerprint density at radius 3 is 2.51 bits per heavy atom. The van der Waals surface area contributed by atoms with Crippen molar-refractivity contribution in [2.75, 3.05) is 19.8 Å². The van der Waals surface area contributed by atoms with Gasteiger partial charge in [-0.25, -0.2) is 0 Å². The molecule has 0 saturated heterocycles. The van der Waals surface area contributed by atoms with Gasteiger partial charge in [0.15, 0.2) is 0 Å². The number of fused-ring (bicyclic) bond motifs is 5. The maximum absolute atomic E-state index is 12.3. The Morgan fingerprint density at radius 1 is 1.10 bits per heavy atom. The van der Waals surface area contributed by atoms with Crippen molar-refractivity contribution in [2.24, 2.45) is 34.5 Å². The number of carbonyl (C=O) groups is 2. The van der Waals surface area contributed by atoms with Crippen LogP contribution in [0.2, 0.25) is 0 Å². The van der Waals surface area contributed by atoms with Crippen LogP contribution >= 0.6 is 0 Å². The predicted molar refractivity (Wildman–Crippen MR) is 167 cm³/mol. The molecule has 236 valence electrons. The molecule has 0 radical (unpaired) electrons. The summed E-state index contributed by atoms with van der Waals surface area (Å²) in [7, 11) is 0. The number of unbranched alkanes of at least 4 members (excludes halogenated alkanes) is 1. The second-order valence-electron chi connectivity index (χ2n) is 14.9. The Labute approximate surface area is 251 Å². The Morgan fingerprint density at radius 2 is 1.85 bits per heavy atom. The number of hydrogen-bond donors (Lipinski definition) is 3. The predicted octanol–water partition coefficient (Wildman–Crippen LogP) is 6.95. The first-order valence-electron chi connectivity index (χ1n) is 16.9. The van der Waals surface area contributed by atoms with Crippen LogP contribution in [0.1, 0.15) is 132 Å². The lowest BCUT2D eigenvalue weighted by Crippen LogP contribution is -2.50. The molecule has 0 aromatic heterocycles. The Hall–Kier alpha value is -1.40. The van der Waals surface area contributed by atoms with Crippen LogP contribution in [0.25, 0.3) is 0 Å². The topological polar surface area (TPSA) is 87.7 Å². The highest BCUT2D eigenvalue weighted by Gasteiger charge is 2.55. The third-order valence-electron chi connectivity index (χ3n) is 11.3. The zero-order valence-corrected chi connectivity index (χ0v) is 27.4. The number of aliphatic hydroxyl groups excluding tert-OH is 1. The van der Waals surface area contributed by atoms with E-state index in [0.717, 1.165) is 50.0 Å². The van der Waals surface area contributed by atoms with Crippen LogP contribution in [0.5, 0.6) is 0 Å². The highest BCUT2D eigenvalue weighted by atomic mass is 16.5. The van der Waals surface area contributed by atoms with Crippen molar-refractivity contribution in [3.63, 3.8) is 0 Å². The van der Waals surface area contributed by atoms with Gasteiger partial charge in [0.1, 0.15) is 6.61 Å².